The Labute approximate surface area is 151 Å². The Hall–Kier alpha value is -2.90. The van der Waals surface area contributed by atoms with Crippen molar-refractivity contribution in [3.05, 3.63) is 94.3 Å². The maximum atomic E-state index is 11.0. The molecule has 0 amide bonds. The summed E-state index contributed by atoms with van der Waals surface area (Å²) in [6.07, 6.45) is 1.59. The lowest BCUT2D eigenvalue weighted by Gasteiger charge is -2.38. The largest absolute Gasteiger partial charge is 0.769 e. The summed E-state index contributed by atoms with van der Waals surface area (Å²) in [5.41, 5.74) is 3.31. The summed E-state index contributed by atoms with van der Waals surface area (Å²) in [5, 5.41) is 40.4. The van der Waals surface area contributed by atoms with Crippen LogP contribution in [0.2, 0.25) is 0 Å². The second-order valence-electron chi connectivity index (χ2n) is 5.89. The van der Waals surface area contributed by atoms with Gasteiger partial charge in [-0.1, -0.05) is 60.7 Å². The fourth-order valence-electron chi connectivity index (χ4n) is 2.95. The van der Waals surface area contributed by atoms with Crippen LogP contribution in [0, 0.1) is 10.4 Å². The summed E-state index contributed by atoms with van der Waals surface area (Å²) in [6.45, 7) is 0. The van der Waals surface area contributed by atoms with E-state index in [-0.39, 0.29) is 16.6 Å². The number of nitrogens with zero attached hydrogens (tertiary/aromatic N) is 2. The van der Waals surface area contributed by atoms with Crippen LogP contribution < -0.4 is 10.5 Å². The Morgan fingerprint density at radius 1 is 0.731 bits per heavy atom. The van der Waals surface area contributed by atoms with Crippen molar-refractivity contribution in [3.8, 4) is 11.1 Å². The van der Waals surface area contributed by atoms with E-state index in [2.05, 4.69) is 12.1 Å². The molecule has 134 valence electrons. The van der Waals surface area contributed by atoms with E-state index in [1.165, 1.54) is 17.7 Å². The van der Waals surface area contributed by atoms with Crippen LogP contribution in [0.3, 0.4) is 0 Å². The number of benzene rings is 3. The van der Waals surface area contributed by atoms with E-state index in [0.717, 1.165) is 30.0 Å². The third-order valence-electron chi connectivity index (χ3n) is 4.24. The molecule has 0 unspecified atom stereocenters. The lowest BCUT2D eigenvalue weighted by Crippen LogP contribution is -2.14. The van der Waals surface area contributed by atoms with Crippen molar-refractivity contribution in [1.82, 2.24) is 0 Å². The highest BCUT2D eigenvalue weighted by Gasteiger charge is 2.13. The third kappa shape index (κ3) is 4.01. The van der Waals surface area contributed by atoms with Crippen molar-refractivity contribution >= 4 is 11.4 Å². The topological polar surface area (TPSA) is 93.1 Å². The quantitative estimate of drug-likeness (QED) is 0.635. The number of aryl methyl sites for hydroxylation is 2. The average molecular weight is 350 g/mol. The summed E-state index contributed by atoms with van der Waals surface area (Å²) >= 11 is 0. The summed E-state index contributed by atoms with van der Waals surface area (Å²) < 4.78 is 0. The van der Waals surface area contributed by atoms with Crippen molar-refractivity contribution in [1.29, 1.82) is 0 Å². The van der Waals surface area contributed by atoms with E-state index in [4.69, 9.17) is 0 Å². The Kier molecular flexibility index (Phi) is 5.50. The maximum Gasteiger partial charge on any atom is 0.104 e. The minimum Gasteiger partial charge on any atom is -0.769 e. The molecule has 6 heteroatoms. The minimum absolute atomic E-state index is 0.0358. The van der Waals surface area contributed by atoms with Gasteiger partial charge in [-0.15, -0.1) is 5.23 Å². The molecule has 0 fully saturated rings. The predicted octanol–water partition coefficient (Wildman–Crippen LogP) is 4.53. The predicted molar refractivity (Wildman–Crippen MR) is 101 cm³/mol. The number of rotatable bonds is 6. The zero-order valence-corrected chi connectivity index (χ0v) is 13.9. The SMILES string of the molecule is [O-]N([O-])c1ccc(-c2ccccc2CCc2ccccc2)c(N(O)O)c1. The molecular formula is C20H18N2O4-2. The van der Waals surface area contributed by atoms with Gasteiger partial charge in [-0.05, 0) is 41.7 Å². The molecule has 0 saturated heterocycles. The second kappa shape index (κ2) is 7.99. The summed E-state index contributed by atoms with van der Waals surface area (Å²) in [7, 11) is 0. The van der Waals surface area contributed by atoms with Crippen molar-refractivity contribution in [2.75, 3.05) is 10.5 Å². The van der Waals surface area contributed by atoms with Gasteiger partial charge in [-0.2, -0.15) is 0 Å². The smallest absolute Gasteiger partial charge is 0.104 e. The van der Waals surface area contributed by atoms with Crippen LogP contribution in [0.5, 0.6) is 0 Å². The highest BCUT2D eigenvalue weighted by molar-refractivity contribution is 5.82. The molecule has 0 aromatic heterocycles. The molecule has 0 atom stereocenters. The van der Waals surface area contributed by atoms with Crippen LogP contribution >= 0.6 is 0 Å². The van der Waals surface area contributed by atoms with Crippen LogP contribution in [0.15, 0.2) is 72.8 Å². The highest BCUT2D eigenvalue weighted by atomic mass is 16.8. The van der Waals surface area contributed by atoms with Gasteiger partial charge in [0.25, 0.3) is 0 Å². The van der Waals surface area contributed by atoms with Gasteiger partial charge in [0, 0.05) is 11.3 Å². The van der Waals surface area contributed by atoms with Crippen LogP contribution in [0.4, 0.5) is 11.4 Å². The number of hydrogen-bond acceptors (Lipinski definition) is 6. The maximum absolute atomic E-state index is 11.0. The lowest BCUT2D eigenvalue weighted by molar-refractivity contribution is 0.0295. The molecule has 0 aliphatic carbocycles. The van der Waals surface area contributed by atoms with E-state index < -0.39 is 5.23 Å². The second-order valence-corrected chi connectivity index (χ2v) is 5.89. The molecule has 0 bridgehead atoms. The van der Waals surface area contributed by atoms with Crippen LogP contribution in [0.25, 0.3) is 11.1 Å². The van der Waals surface area contributed by atoms with Gasteiger partial charge >= 0.3 is 0 Å². The fourth-order valence-corrected chi connectivity index (χ4v) is 2.95. The fraction of sp³-hybridized carbons (Fsp3) is 0.100. The summed E-state index contributed by atoms with van der Waals surface area (Å²) in [5.74, 6) is 0. The standard InChI is InChI=1S/C20H18N2O4/c23-21(24)17-12-13-19(20(14-17)22(25)26)18-9-5-4-8-16(18)11-10-15-6-2-1-3-7-15/h1-9,12-14,25-26H,10-11H2/q-2. The van der Waals surface area contributed by atoms with E-state index in [9.17, 15) is 20.8 Å². The molecule has 0 spiro atoms. The van der Waals surface area contributed by atoms with Crippen molar-refractivity contribution in [2.24, 2.45) is 0 Å². The van der Waals surface area contributed by atoms with Gasteiger partial charge in [0.2, 0.25) is 0 Å². The molecule has 0 radical (unpaired) electrons. The molecule has 0 aliphatic heterocycles. The van der Waals surface area contributed by atoms with Gasteiger partial charge in [0.15, 0.2) is 0 Å². The monoisotopic (exact) mass is 350 g/mol. The Morgan fingerprint density at radius 3 is 2.12 bits per heavy atom. The summed E-state index contributed by atoms with van der Waals surface area (Å²) in [4.78, 5) is 0. The van der Waals surface area contributed by atoms with Crippen LogP contribution in [0.1, 0.15) is 11.1 Å². The van der Waals surface area contributed by atoms with E-state index in [1.54, 1.807) is 0 Å². The van der Waals surface area contributed by atoms with Gasteiger partial charge in [-0.25, -0.2) is 0 Å². The van der Waals surface area contributed by atoms with Gasteiger partial charge < -0.3 is 15.6 Å². The van der Waals surface area contributed by atoms with E-state index >= 15 is 0 Å². The Bertz CT molecular complexity index is 867. The number of anilines is 2. The minimum atomic E-state index is -0.571. The first kappa shape index (κ1) is 17.9. The van der Waals surface area contributed by atoms with Gasteiger partial charge in [-0.3, -0.25) is 10.4 Å². The lowest BCUT2D eigenvalue weighted by atomic mass is 9.94. The van der Waals surface area contributed by atoms with Crippen LogP contribution in [-0.2, 0) is 12.8 Å². The molecule has 2 N–H and O–H groups in total. The third-order valence-corrected chi connectivity index (χ3v) is 4.24. The Balaban J connectivity index is 1.97. The molecule has 0 aliphatic rings. The zero-order valence-electron chi connectivity index (χ0n) is 13.9. The van der Waals surface area contributed by atoms with Crippen molar-refractivity contribution in [3.63, 3.8) is 0 Å². The molecule has 3 rings (SSSR count). The van der Waals surface area contributed by atoms with Gasteiger partial charge in [0.1, 0.15) is 5.69 Å². The molecule has 3 aromatic carbocycles. The van der Waals surface area contributed by atoms with Crippen LogP contribution in [-0.4, -0.2) is 10.4 Å². The molecule has 6 nitrogen and oxygen atoms in total. The van der Waals surface area contributed by atoms with E-state index in [0.29, 0.717) is 5.56 Å². The first-order chi connectivity index (χ1) is 12.6. The first-order valence-corrected chi connectivity index (χ1v) is 8.15. The molecular weight excluding hydrogens is 332 g/mol. The molecule has 3 aromatic rings. The highest BCUT2D eigenvalue weighted by Crippen LogP contribution is 2.35. The van der Waals surface area contributed by atoms with Gasteiger partial charge in [0.05, 0.1) is 0 Å². The molecule has 0 heterocycles. The number of hydrogen-bond donors (Lipinski definition) is 2. The molecule has 26 heavy (non-hydrogen) atoms. The molecule has 0 saturated carbocycles. The van der Waals surface area contributed by atoms with Crippen molar-refractivity contribution in [2.45, 2.75) is 12.8 Å². The first-order valence-electron chi connectivity index (χ1n) is 8.15. The van der Waals surface area contributed by atoms with Crippen molar-refractivity contribution < 1.29 is 10.4 Å². The average Bonchev–Trinajstić information content (AvgIpc) is 2.67. The zero-order chi connectivity index (χ0) is 18.5. The summed E-state index contributed by atoms with van der Waals surface area (Å²) in [6, 6.07) is 21.7. The Morgan fingerprint density at radius 2 is 1.42 bits per heavy atom. The van der Waals surface area contributed by atoms with E-state index in [1.807, 2.05) is 42.5 Å². The normalized spacial score (nSPS) is 10.6.